The van der Waals surface area contributed by atoms with Crippen molar-refractivity contribution in [1.82, 2.24) is 10.3 Å². The third-order valence-electron chi connectivity index (χ3n) is 2.11. The molecule has 1 aromatic rings. The Labute approximate surface area is 110 Å². The van der Waals surface area contributed by atoms with E-state index in [1.54, 1.807) is 12.3 Å². The van der Waals surface area contributed by atoms with Gasteiger partial charge in [0.15, 0.2) is 0 Å². The van der Waals surface area contributed by atoms with Gasteiger partial charge in [0.05, 0.1) is 10.0 Å². The molecule has 1 unspecified atom stereocenters. The van der Waals surface area contributed by atoms with Gasteiger partial charge in [-0.2, -0.15) is 0 Å². The van der Waals surface area contributed by atoms with Crippen LogP contribution in [-0.2, 0) is 4.79 Å². The minimum atomic E-state index is -0.809. The highest BCUT2D eigenvalue weighted by Gasteiger charge is 2.15. The van der Waals surface area contributed by atoms with E-state index in [1.165, 1.54) is 11.8 Å². The Hall–Kier alpha value is -0.780. The molecule has 0 bridgehead atoms. The van der Waals surface area contributed by atoms with Crippen LogP contribution in [0.4, 0.5) is 0 Å². The van der Waals surface area contributed by atoms with Crippen molar-refractivity contribution in [3.05, 3.63) is 23.4 Å². The highest BCUT2D eigenvalue weighted by molar-refractivity contribution is 7.99. The number of carbonyl (C=O) groups is 1. The minimum absolute atomic E-state index is 0.486. The van der Waals surface area contributed by atoms with E-state index >= 15 is 0 Å². The lowest BCUT2D eigenvalue weighted by molar-refractivity contribution is -0.139. The molecular weight excluding hydrogens is 260 g/mol. The van der Waals surface area contributed by atoms with Crippen LogP contribution >= 0.6 is 23.4 Å². The summed E-state index contributed by atoms with van der Waals surface area (Å²) in [7, 11) is 0. The van der Waals surface area contributed by atoms with Gasteiger partial charge < -0.3 is 10.4 Å². The van der Waals surface area contributed by atoms with Crippen molar-refractivity contribution in [2.45, 2.75) is 24.4 Å². The molecule has 94 valence electrons. The molecule has 17 heavy (non-hydrogen) atoms. The van der Waals surface area contributed by atoms with E-state index < -0.39 is 12.0 Å². The van der Waals surface area contributed by atoms with E-state index in [2.05, 4.69) is 10.3 Å². The summed E-state index contributed by atoms with van der Waals surface area (Å²) in [4.78, 5) is 15.0. The first-order valence-electron chi connectivity index (χ1n) is 5.34. The zero-order chi connectivity index (χ0) is 12.7. The Kier molecular flexibility index (Phi) is 6.32. The van der Waals surface area contributed by atoms with Crippen LogP contribution < -0.4 is 5.32 Å². The molecule has 1 aromatic heterocycles. The quantitative estimate of drug-likeness (QED) is 0.747. The number of nitrogens with zero attached hydrogens (tertiary/aromatic N) is 1. The first-order chi connectivity index (χ1) is 8.13. The summed E-state index contributed by atoms with van der Waals surface area (Å²) >= 11 is 7.25. The Morgan fingerprint density at radius 1 is 1.65 bits per heavy atom. The van der Waals surface area contributed by atoms with Crippen LogP contribution in [-0.4, -0.2) is 34.4 Å². The standard InChI is InChI=1S/C11H15ClN2O2S/c1-2-13-9(11(15)16)5-6-17-10-4-3-8(12)7-14-10/h3-4,7,9,13H,2,5-6H2,1H3,(H,15,16). The zero-order valence-electron chi connectivity index (χ0n) is 9.52. The molecule has 0 amide bonds. The van der Waals surface area contributed by atoms with Gasteiger partial charge in [-0.05, 0) is 25.1 Å². The largest absolute Gasteiger partial charge is 0.480 e. The number of likely N-dealkylation sites (N-methyl/N-ethyl adjacent to an activating group) is 1. The second-order valence-corrected chi connectivity index (χ2v) is 4.95. The van der Waals surface area contributed by atoms with Crippen molar-refractivity contribution in [3.63, 3.8) is 0 Å². The third-order valence-corrected chi connectivity index (χ3v) is 3.31. The molecule has 0 saturated carbocycles. The lowest BCUT2D eigenvalue weighted by atomic mass is 10.2. The van der Waals surface area contributed by atoms with Gasteiger partial charge in [0.2, 0.25) is 0 Å². The summed E-state index contributed by atoms with van der Waals surface area (Å²) < 4.78 is 0. The van der Waals surface area contributed by atoms with Gasteiger partial charge in [0.1, 0.15) is 6.04 Å². The molecule has 1 rings (SSSR count). The van der Waals surface area contributed by atoms with E-state index in [1.807, 2.05) is 13.0 Å². The van der Waals surface area contributed by atoms with Crippen molar-refractivity contribution in [2.24, 2.45) is 0 Å². The molecule has 0 saturated heterocycles. The predicted molar refractivity (Wildman–Crippen MR) is 69.7 cm³/mol. The van der Waals surface area contributed by atoms with E-state index in [0.717, 1.165) is 5.03 Å². The number of pyridine rings is 1. The summed E-state index contributed by atoms with van der Waals surface area (Å²) in [5, 5.41) is 13.3. The molecule has 1 atom stereocenters. The van der Waals surface area contributed by atoms with Gasteiger partial charge in [-0.1, -0.05) is 18.5 Å². The van der Waals surface area contributed by atoms with Gasteiger partial charge in [0, 0.05) is 11.9 Å². The molecule has 0 aliphatic carbocycles. The fourth-order valence-corrected chi connectivity index (χ4v) is 2.25. The number of carboxylic acids is 1. The van der Waals surface area contributed by atoms with Crippen LogP contribution in [0, 0.1) is 0 Å². The molecule has 1 heterocycles. The molecule has 4 nitrogen and oxygen atoms in total. The van der Waals surface area contributed by atoms with Gasteiger partial charge in [0.25, 0.3) is 0 Å². The molecule has 0 fully saturated rings. The Balaban J connectivity index is 2.35. The zero-order valence-corrected chi connectivity index (χ0v) is 11.1. The number of halogens is 1. The van der Waals surface area contributed by atoms with Crippen LogP contribution in [0.25, 0.3) is 0 Å². The van der Waals surface area contributed by atoms with Crippen molar-refractivity contribution >= 4 is 29.3 Å². The summed E-state index contributed by atoms with van der Waals surface area (Å²) in [5.41, 5.74) is 0. The number of aliphatic carboxylic acids is 1. The van der Waals surface area contributed by atoms with E-state index in [0.29, 0.717) is 23.7 Å². The lowest BCUT2D eigenvalue weighted by Gasteiger charge is -2.12. The Morgan fingerprint density at radius 2 is 2.41 bits per heavy atom. The normalized spacial score (nSPS) is 12.4. The third kappa shape index (κ3) is 5.39. The molecule has 0 radical (unpaired) electrons. The van der Waals surface area contributed by atoms with Crippen LogP contribution in [0.3, 0.4) is 0 Å². The Morgan fingerprint density at radius 3 is 2.94 bits per heavy atom. The smallest absolute Gasteiger partial charge is 0.320 e. The molecule has 0 aliphatic heterocycles. The Bertz CT molecular complexity index is 359. The van der Waals surface area contributed by atoms with Gasteiger partial charge in [-0.3, -0.25) is 4.79 Å². The number of hydrogen-bond donors (Lipinski definition) is 2. The van der Waals surface area contributed by atoms with Gasteiger partial charge >= 0.3 is 5.97 Å². The van der Waals surface area contributed by atoms with Crippen molar-refractivity contribution in [3.8, 4) is 0 Å². The maximum absolute atomic E-state index is 10.9. The first-order valence-corrected chi connectivity index (χ1v) is 6.70. The average Bonchev–Trinajstić information content (AvgIpc) is 2.30. The van der Waals surface area contributed by atoms with Crippen molar-refractivity contribution in [1.29, 1.82) is 0 Å². The van der Waals surface area contributed by atoms with Crippen LogP contribution in [0.5, 0.6) is 0 Å². The van der Waals surface area contributed by atoms with Crippen molar-refractivity contribution in [2.75, 3.05) is 12.3 Å². The predicted octanol–water partition coefficient (Wildman–Crippen LogP) is 2.28. The molecular formula is C11H15ClN2O2S. The molecule has 0 aliphatic rings. The number of hydrogen-bond acceptors (Lipinski definition) is 4. The number of rotatable bonds is 7. The van der Waals surface area contributed by atoms with Gasteiger partial charge in [-0.25, -0.2) is 4.98 Å². The number of carboxylic acid groups (broad SMARTS) is 1. The van der Waals surface area contributed by atoms with E-state index in [-0.39, 0.29) is 0 Å². The summed E-state index contributed by atoms with van der Waals surface area (Å²) in [6, 6.07) is 3.12. The second-order valence-electron chi connectivity index (χ2n) is 3.40. The summed E-state index contributed by atoms with van der Waals surface area (Å²) in [5.74, 6) is -0.102. The average molecular weight is 275 g/mol. The monoisotopic (exact) mass is 274 g/mol. The van der Waals surface area contributed by atoms with Crippen LogP contribution in [0.1, 0.15) is 13.3 Å². The maximum Gasteiger partial charge on any atom is 0.320 e. The summed E-state index contributed by atoms with van der Waals surface area (Å²) in [6.07, 6.45) is 2.15. The van der Waals surface area contributed by atoms with Crippen LogP contribution in [0.2, 0.25) is 5.02 Å². The number of thioether (sulfide) groups is 1. The fourth-order valence-electron chi connectivity index (χ4n) is 1.29. The molecule has 0 aromatic carbocycles. The highest BCUT2D eigenvalue weighted by atomic mass is 35.5. The SMILES string of the molecule is CCNC(CCSc1ccc(Cl)cn1)C(=O)O. The topological polar surface area (TPSA) is 62.2 Å². The van der Waals surface area contributed by atoms with E-state index in [9.17, 15) is 4.79 Å². The molecule has 6 heteroatoms. The highest BCUT2D eigenvalue weighted by Crippen LogP contribution is 2.18. The van der Waals surface area contributed by atoms with E-state index in [4.69, 9.17) is 16.7 Å². The minimum Gasteiger partial charge on any atom is -0.480 e. The molecule has 0 spiro atoms. The first kappa shape index (κ1) is 14.3. The van der Waals surface area contributed by atoms with Gasteiger partial charge in [-0.15, -0.1) is 11.8 Å². The summed E-state index contributed by atoms with van der Waals surface area (Å²) in [6.45, 7) is 2.55. The fraction of sp³-hybridized carbons (Fsp3) is 0.455. The number of nitrogens with one attached hydrogen (secondary N) is 1. The van der Waals surface area contributed by atoms with Crippen molar-refractivity contribution < 1.29 is 9.90 Å². The lowest BCUT2D eigenvalue weighted by Crippen LogP contribution is -2.36. The maximum atomic E-state index is 10.9. The number of aromatic nitrogens is 1. The van der Waals surface area contributed by atoms with Crippen LogP contribution in [0.15, 0.2) is 23.4 Å². The second kappa shape index (κ2) is 7.53. The molecule has 2 N–H and O–H groups in total.